The molecule has 0 spiro atoms. The van der Waals surface area contributed by atoms with Crippen LogP contribution in [0.2, 0.25) is 0 Å². The molecule has 158 valence electrons. The predicted molar refractivity (Wildman–Crippen MR) is 106 cm³/mol. The standard InChI is InChI=1S/C22H21F3N2O3/c1-21(2)10-13-8-15(22(23,24)25)6-7-18(13)27(20(21)30)17-5-3-4-16(9-17)26-11-14(12-26)19(28)29/h3-9,14H,10-12H2,1-2H3,(H,28,29). The number of hydrogen-bond donors (Lipinski definition) is 1. The van der Waals surface area contributed by atoms with Crippen molar-refractivity contribution < 1.29 is 27.9 Å². The number of nitrogens with zero attached hydrogens (tertiary/aromatic N) is 2. The molecule has 1 fully saturated rings. The summed E-state index contributed by atoms with van der Waals surface area (Å²) in [5.74, 6) is -1.46. The third-order valence-corrected chi connectivity index (χ3v) is 5.75. The van der Waals surface area contributed by atoms with Crippen molar-refractivity contribution in [2.24, 2.45) is 11.3 Å². The number of hydrogen-bond acceptors (Lipinski definition) is 3. The molecule has 0 unspecified atom stereocenters. The molecule has 2 aromatic rings. The number of rotatable bonds is 3. The largest absolute Gasteiger partial charge is 0.481 e. The summed E-state index contributed by atoms with van der Waals surface area (Å²) < 4.78 is 39.6. The van der Waals surface area contributed by atoms with E-state index in [4.69, 9.17) is 5.11 Å². The number of benzene rings is 2. The Bertz CT molecular complexity index is 1030. The molecule has 0 radical (unpaired) electrons. The van der Waals surface area contributed by atoms with Gasteiger partial charge in [0.15, 0.2) is 0 Å². The minimum absolute atomic E-state index is 0.195. The maximum Gasteiger partial charge on any atom is 0.416 e. The van der Waals surface area contributed by atoms with Gasteiger partial charge in [0.1, 0.15) is 0 Å². The molecule has 0 atom stereocenters. The number of carbonyl (C=O) groups is 2. The number of fused-ring (bicyclic) bond motifs is 1. The fraction of sp³-hybridized carbons (Fsp3) is 0.364. The third-order valence-electron chi connectivity index (χ3n) is 5.75. The zero-order valence-corrected chi connectivity index (χ0v) is 16.5. The molecule has 30 heavy (non-hydrogen) atoms. The smallest absolute Gasteiger partial charge is 0.416 e. The van der Waals surface area contributed by atoms with Crippen molar-refractivity contribution in [1.82, 2.24) is 0 Å². The highest BCUT2D eigenvalue weighted by atomic mass is 19.4. The molecule has 1 N–H and O–H groups in total. The Morgan fingerprint density at radius 1 is 1.10 bits per heavy atom. The fourth-order valence-electron chi connectivity index (χ4n) is 4.02. The molecule has 2 heterocycles. The van der Waals surface area contributed by atoms with Crippen LogP contribution < -0.4 is 9.80 Å². The van der Waals surface area contributed by atoms with E-state index >= 15 is 0 Å². The zero-order chi connectivity index (χ0) is 21.8. The van der Waals surface area contributed by atoms with Gasteiger partial charge in [-0.1, -0.05) is 19.9 Å². The van der Waals surface area contributed by atoms with E-state index in [0.29, 0.717) is 30.0 Å². The Morgan fingerprint density at radius 3 is 2.40 bits per heavy atom. The summed E-state index contributed by atoms with van der Waals surface area (Å²) >= 11 is 0. The highest BCUT2D eigenvalue weighted by Crippen LogP contribution is 2.44. The summed E-state index contributed by atoms with van der Waals surface area (Å²) in [6.45, 7) is 4.21. The molecule has 0 aromatic heterocycles. The van der Waals surface area contributed by atoms with Gasteiger partial charge >= 0.3 is 12.1 Å². The van der Waals surface area contributed by atoms with Gasteiger partial charge < -0.3 is 10.0 Å². The second kappa shape index (κ2) is 6.75. The molecule has 2 aromatic carbocycles. The van der Waals surface area contributed by atoms with Crippen molar-refractivity contribution in [2.75, 3.05) is 22.9 Å². The molecule has 0 saturated carbocycles. The number of carboxylic acid groups (broad SMARTS) is 1. The Labute approximate surface area is 171 Å². The van der Waals surface area contributed by atoms with Crippen LogP contribution in [-0.4, -0.2) is 30.1 Å². The van der Waals surface area contributed by atoms with Crippen LogP contribution in [0.3, 0.4) is 0 Å². The molecule has 5 nitrogen and oxygen atoms in total. The monoisotopic (exact) mass is 418 g/mol. The second-order valence-corrected chi connectivity index (χ2v) is 8.50. The third kappa shape index (κ3) is 3.40. The minimum atomic E-state index is -4.45. The van der Waals surface area contributed by atoms with E-state index in [2.05, 4.69) is 0 Å². The van der Waals surface area contributed by atoms with Gasteiger partial charge in [-0.15, -0.1) is 0 Å². The average molecular weight is 418 g/mol. The van der Waals surface area contributed by atoms with E-state index < -0.39 is 29.0 Å². The Kier molecular flexibility index (Phi) is 4.56. The van der Waals surface area contributed by atoms with Crippen molar-refractivity contribution in [1.29, 1.82) is 0 Å². The summed E-state index contributed by atoms with van der Waals surface area (Å²) in [6, 6.07) is 10.6. The van der Waals surface area contributed by atoms with Crippen molar-refractivity contribution in [3.8, 4) is 0 Å². The van der Waals surface area contributed by atoms with Gasteiger partial charge in [0.2, 0.25) is 5.91 Å². The molecule has 4 rings (SSSR count). The molecular formula is C22H21F3N2O3. The average Bonchev–Trinajstić information content (AvgIpc) is 2.60. The van der Waals surface area contributed by atoms with Crippen LogP contribution in [0, 0.1) is 11.3 Å². The van der Waals surface area contributed by atoms with E-state index in [1.54, 1.807) is 32.0 Å². The number of alkyl halides is 3. The molecule has 1 amide bonds. The Balaban J connectivity index is 1.73. The summed E-state index contributed by atoms with van der Waals surface area (Å²) in [5.41, 5.74) is 0.629. The molecule has 0 aliphatic carbocycles. The van der Waals surface area contributed by atoms with Crippen molar-refractivity contribution >= 4 is 28.9 Å². The first-order chi connectivity index (χ1) is 14.0. The van der Waals surface area contributed by atoms with Gasteiger partial charge in [-0.25, -0.2) is 0 Å². The van der Waals surface area contributed by atoms with Gasteiger partial charge in [0.05, 0.1) is 22.9 Å². The lowest BCUT2D eigenvalue weighted by Gasteiger charge is -2.41. The number of carbonyl (C=O) groups excluding carboxylic acids is 1. The highest BCUT2D eigenvalue weighted by molar-refractivity contribution is 6.06. The maximum atomic E-state index is 13.2. The van der Waals surface area contributed by atoms with Crippen LogP contribution in [0.25, 0.3) is 0 Å². The van der Waals surface area contributed by atoms with Gasteiger partial charge in [-0.05, 0) is 48.4 Å². The second-order valence-electron chi connectivity index (χ2n) is 8.50. The molecule has 1 saturated heterocycles. The maximum absolute atomic E-state index is 13.2. The summed E-state index contributed by atoms with van der Waals surface area (Å²) in [7, 11) is 0. The van der Waals surface area contributed by atoms with Crippen molar-refractivity contribution in [3.05, 3.63) is 53.6 Å². The quantitative estimate of drug-likeness (QED) is 0.799. The molecular weight excluding hydrogens is 397 g/mol. The van der Waals surface area contributed by atoms with Crippen LogP contribution in [0.5, 0.6) is 0 Å². The molecule has 2 aliphatic heterocycles. The topological polar surface area (TPSA) is 60.9 Å². The number of aliphatic carboxylic acids is 1. The summed E-state index contributed by atoms with van der Waals surface area (Å²) in [5, 5.41) is 9.08. The van der Waals surface area contributed by atoms with Gasteiger partial charge in [-0.2, -0.15) is 13.2 Å². The fourth-order valence-corrected chi connectivity index (χ4v) is 4.02. The number of halogens is 3. The predicted octanol–water partition coefficient (Wildman–Crippen LogP) is 4.47. The van der Waals surface area contributed by atoms with Crippen LogP contribution in [0.4, 0.5) is 30.2 Å². The van der Waals surface area contributed by atoms with Crippen LogP contribution in [0.15, 0.2) is 42.5 Å². The Hall–Kier alpha value is -3.03. The van der Waals surface area contributed by atoms with Crippen molar-refractivity contribution in [2.45, 2.75) is 26.4 Å². The lowest BCUT2D eigenvalue weighted by atomic mass is 9.79. The minimum Gasteiger partial charge on any atom is -0.481 e. The summed E-state index contributed by atoms with van der Waals surface area (Å²) in [4.78, 5) is 27.6. The highest BCUT2D eigenvalue weighted by Gasteiger charge is 2.41. The zero-order valence-electron chi connectivity index (χ0n) is 16.5. The lowest BCUT2D eigenvalue weighted by molar-refractivity contribution is -0.142. The lowest BCUT2D eigenvalue weighted by Crippen LogP contribution is -2.50. The number of anilines is 3. The van der Waals surface area contributed by atoms with Crippen LogP contribution in [-0.2, 0) is 22.2 Å². The van der Waals surface area contributed by atoms with Gasteiger partial charge in [0, 0.05) is 24.2 Å². The first-order valence-corrected chi connectivity index (χ1v) is 9.60. The van der Waals surface area contributed by atoms with Gasteiger partial charge in [-0.3, -0.25) is 14.5 Å². The molecule has 8 heteroatoms. The first kappa shape index (κ1) is 20.3. The van der Waals surface area contributed by atoms with Gasteiger partial charge in [0.25, 0.3) is 0 Å². The van der Waals surface area contributed by atoms with Crippen LogP contribution in [0.1, 0.15) is 25.0 Å². The molecule has 2 aliphatic rings. The number of carboxylic acids is 1. The van der Waals surface area contributed by atoms with Crippen LogP contribution >= 0.6 is 0 Å². The SMILES string of the molecule is CC1(C)Cc2cc(C(F)(F)F)ccc2N(c2cccc(N3CC(C(=O)O)C3)c2)C1=O. The normalized spacial score (nSPS) is 18.8. The first-order valence-electron chi connectivity index (χ1n) is 9.60. The van der Waals surface area contributed by atoms with E-state index in [1.165, 1.54) is 11.0 Å². The van der Waals surface area contributed by atoms with Crippen molar-refractivity contribution in [3.63, 3.8) is 0 Å². The molecule has 0 bridgehead atoms. The Morgan fingerprint density at radius 2 is 1.77 bits per heavy atom. The van der Waals surface area contributed by atoms with E-state index in [0.717, 1.165) is 17.8 Å². The number of amides is 1. The van der Waals surface area contributed by atoms with E-state index in [9.17, 15) is 22.8 Å². The summed E-state index contributed by atoms with van der Waals surface area (Å²) in [6.07, 6.45) is -4.24. The van der Waals surface area contributed by atoms with E-state index in [-0.39, 0.29) is 12.3 Å². The van der Waals surface area contributed by atoms with E-state index in [1.807, 2.05) is 11.0 Å².